The lowest BCUT2D eigenvalue weighted by Gasteiger charge is -2.07. The van der Waals surface area contributed by atoms with Crippen LogP contribution in [0.2, 0.25) is 0 Å². The Kier molecular flexibility index (Phi) is 5.10. The molecule has 0 aromatic heterocycles. The van der Waals surface area contributed by atoms with Gasteiger partial charge in [-0.2, -0.15) is 0 Å². The molecular formula is C14H16O5S. The lowest BCUT2D eigenvalue weighted by atomic mass is 10.0. The van der Waals surface area contributed by atoms with Gasteiger partial charge in [-0.1, -0.05) is 12.1 Å². The number of benzene rings is 1. The number of sulfone groups is 1. The third-order valence-corrected chi connectivity index (χ3v) is 3.82. The average molecular weight is 296 g/mol. The van der Waals surface area contributed by atoms with Crippen molar-refractivity contribution in [1.29, 1.82) is 0 Å². The van der Waals surface area contributed by atoms with Crippen LogP contribution in [0.5, 0.6) is 0 Å². The van der Waals surface area contributed by atoms with Gasteiger partial charge in [0.2, 0.25) is 0 Å². The monoisotopic (exact) mass is 296 g/mol. The zero-order valence-electron chi connectivity index (χ0n) is 11.5. The molecule has 0 aliphatic carbocycles. The second-order valence-electron chi connectivity index (χ2n) is 4.18. The second kappa shape index (κ2) is 6.38. The summed E-state index contributed by atoms with van der Waals surface area (Å²) in [5.41, 5.74) is 1.20. The fraction of sp³-hybridized carbons (Fsp3) is 0.214. The Balaban J connectivity index is 3.34. The highest BCUT2D eigenvalue weighted by Crippen LogP contribution is 2.22. The van der Waals surface area contributed by atoms with Gasteiger partial charge >= 0.3 is 5.97 Å². The van der Waals surface area contributed by atoms with Crippen LogP contribution < -0.4 is 0 Å². The zero-order valence-corrected chi connectivity index (χ0v) is 12.3. The number of ether oxygens (including phenoxy) is 1. The van der Waals surface area contributed by atoms with E-state index in [0.717, 1.165) is 6.26 Å². The van der Waals surface area contributed by atoms with Crippen LogP contribution in [0.4, 0.5) is 0 Å². The van der Waals surface area contributed by atoms with Crippen molar-refractivity contribution in [2.75, 3.05) is 13.4 Å². The number of carboxylic acids is 1. The highest BCUT2D eigenvalue weighted by Gasteiger charge is 2.11. The predicted molar refractivity (Wildman–Crippen MR) is 75.9 cm³/mol. The van der Waals surface area contributed by atoms with Gasteiger partial charge in [-0.05, 0) is 36.3 Å². The standard InChI is InChI=1S/C14H16O5S/c1-10(14(15)16)13(8-9-19-2)11-4-6-12(7-5-11)20(3,17)18/h4-9H,1-3H3,(H,15,16)/b9-8+,13-10+. The number of rotatable bonds is 5. The van der Waals surface area contributed by atoms with Crippen molar-refractivity contribution >= 4 is 21.4 Å². The number of hydrogen-bond donors (Lipinski definition) is 1. The first-order valence-electron chi connectivity index (χ1n) is 5.71. The van der Waals surface area contributed by atoms with E-state index < -0.39 is 15.8 Å². The molecule has 0 heterocycles. The topological polar surface area (TPSA) is 80.7 Å². The summed E-state index contributed by atoms with van der Waals surface area (Å²) in [6.07, 6.45) is 4.01. The van der Waals surface area contributed by atoms with Gasteiger partial charge in [0.15, 0.2) is 9.84 Å². The minimum Gasteiger partial charge on any atom is -0.504 e. The Hall–Kier alpha value is -2.08. The number of aliphatic carboxylic acids is 1. The first-order chi connectivity index (χ1) is 9.27. The molecule has 108 valence electrons. The first-order valence-corrected chi connectivity index (χ1v) is 7.60. The minimum atomic E-state index is -3.27. The van der Waals surface area contributed by atoms with Crippen molar-refractivity contribution in [3.05, 3.63) is 47.7 Å². The molecule has 6 heteroatoms. The Labute approximate surface area is 118 Å². The highest BCUT2D eigenvalue weighted by molar-refractivity contribution is 7.90. The van der Waals surface area contributed by atoms with Crippen molar-refractivity contribution in [2.45, 2.75) is 11.8 Å². The number of methoxy groups -OCH3 is 1. The fourth-order valence-corrected chi connectivity index (χ4v) is 2.20. The molecule has 0 saturated carbocycles. The van der Waals surface area contributed by atoms with Crippen LogP contribution in [-0.2, 0) is 19.4 Å². The molecule has 0 aliphatic heterocycles. The fourth-order valence-electron chi connectivity index (χ4n) is 1.57. The lowest BCUT2D eigenvalue weighted by Crippen LogP contribution is -2.01. The summed E-state index contributed by atoms with van der Waals surface area (Å²) < 4.78 is 27.6. The summed E-state index contributed by atoms with van der Waals surface area (Å²) in [7, 11) is -1.82. The summed E-state index contributed by atoms with van der Waals surface area (Å²) in [6, 6.07) is 6.02. The van der Waals surface area contributed by atoms with E-state index in [1.807, 2.05) is 0 Å². The molecule has 0 spiro atoms. The molecular weight excluding hydrogens is 280 g/mol. The molecule has 1 aromatic carbocycles. The third kappa shape index (κ3) is 3.96. The van der Waals surface area contributed by atoms with E-state index in [9.17, 15) is 13.2 Å². The molecule has 0 amide bonds. The van der Waals surface area contributed by atoms with Gasteiger partial charge in [-0.15, -0.1) is 0 Å². The van der Waals surface area contributed by atoms with Crippen LogP contribution in [0.1, 0.15) is 12.5 Å². The number of allylic oxidation sites excluding steroid dienone is 2. The van der Waals surface area contributed by atoms with Gasteiger partial charge in [0.25, 0.3) is 0 Å². The molecule has 0 saturated heterocycles. The number of carbonyl (C=O) groups is 1. The number of carboxylic acid groups (broad SMARTS) is 1. The summed E-state index contributed by atoms with van der Waals surface area (Å²) in [4.78, 5) is 11.3. The van der Waals surface area contributed by atoms with E-state index in [-0.39, 0.29) is 10.5 Å². The molecule has 5 nitrogen and oxygen atoms in total. The molecule has 1 rings (SSSR count). The van der Waals surface area contributed by atoms with E-state index in [2.05, 4.69) is 0 Å². The summed E-state index contributed by atoms with van der Waals surface area (Å²) >= 11 is 0. The van der Waals surface area contributed by atoms with Crippen LogP contribution in [-0.4, -0.2) is 32.9 Å². The molecule has 0 fully saturated rings. The Morgan fingerprint density at radius 1 is 1.25 bits per heavy atom. The van der Waals surface area contributed by atoms with Crippen molar-refractivity contribution in [1.82, 2.24) is 0 Å². The van der Waals surface area contributed by atoms with Crippen LogP contribution in [0.3, 0.4) is 0 Å². The minimum absolute atomic E-state index is 0.144. The van der Waals surface area contributed by atoms with E-state index >= 15 is 0 Å². The van der Waals surface area contributed by atoms with E-state index in [1.165, 1.54) is 38.5 Å². The molecule has 20 heavy (non-hydrogen) atoms. The SMILES string of the molecule is CO/C=C/C(=C(/C)C(=O)O)c1ccc(S(C)(=O)=O)cc1. The van der Waals surface area contributed by atoms with Gasteiger partial charge in [-0.25, -0.2) is 13.2 Å². The van der Waals surface area contributed by atoms with Crippen LogP contribution in [0.25, 0.3) is 5.57 Å². The van der Waals surface area contributed by atoms with E-state index in [1.54, 1.807) is 12.1 Å². The van der Waals surface area contributed by atoms with Crippen LogP contribution in [0, 0.1) is 0 Å². The van der Waals surface area contributed by atoms with E-state index in [0.29, 0.717) is 11.1 Å². The molecule has 0 bridgehead atoms. The lowest BCUT2D eigenvalue weighted by molar-refractivity contribution is -0.132. The quantitative estimate of drug-likeness (QED) is 0.511. The first kappa shape index (κ1) is 16.0. The zero-order chi connectivity index (χ0) is 15.3. The van der Waals surface area contributed by atoms with Gasteiger partial charge in [0.05, 0.1) is 18.3 Å². The van der Waals surface area contributed by atoms with Crippen molar-refractivity contribution in [3.63, 3.8) is 0 Å². The van der Waals surface area contributed by atoms with Crippen molar-refractivity contribution < 1.29 is 23.1 Å². The van der Waals surface area contributed by atoms with Gasteiger partial charge in [0.1, 0.15) is 0 Å². The Bertz CT molecular complexity index is 651. The highest BCUT2D eigenvalue weighted by atomic mass is 32.2. The van der Waals surface area contributed by atoms with E-state index in [4.69, 9.17) is 9.84 Å². The predicted octanol–water partition coefficient (Wildman–Crippen LogP) is 2.11. The maximum absolute atomic E-state index is 11.4. The molecule has 1 aromatic rings. The summed E-state index contributed by atoms with van der Waals surface area (Å²) in [5, 5.41) is 9.07. The molecule has 0 aliphatic rings. The van der Waals surface area contributed by atoms with Gasteiger partial charge < -0.3 is 9.84 Å². The molecule has 0 atom stereocenters. The number of hydrogen-bond acceptors (Lipinski definition) is 4. The van der Waals surface area contributed by atoms with Gasteiger partial charge in [-0.3, -0.25) is 0 Å². The smallest absolute Gasteiger partial charge is 0.331 e. The third-order valence-electron chi connectivity index (χ3n) is 2.69. The summed E-state index contributed by atoms with van der Waals surface area (Å²) in [5.74, 6) is -1.05. The Morgan fingerprint density at radius 2 is 1.80 bits per heavy atom. The Morgan fingerprint density at radius 3 is 2.20 bits per heavy atom. The molecule has 0 unspecified atom stereocenters. The maximum Gasteiger partial charge on any atom is 0.331 e. The average Bonchev–Trinajstić information content (AvgIpc) is 2.38. The summed E-state index contributed by atoms with van der Waals surface area (Å²) in [6.45, 7) is 1.47. The largest absolute Gasteiger partial charge is 0.504 e. The van der Waals surface area contributed by atoms with Crippen LogP contribution in [0.15, 0.2) is 47.1 Å². The normalized spacial score (nSPS) is 13.2. The molecule has 0 radical (unpaired) electrons. The maximum atomic E-state index is 11.4. The van der Waals surface area contributed by atoms with Crippen molar-refractivity contribution in [3.8, 4) is 0 Å². The van der Waals surface area contributed by atoms with Crippen LogP contribution >= 0.6 is 0 Å². The molecule has 1 N–H and O–H groups in total. The second-order valence-corrected chi connectivity index (χ2v) is 6.19. The van der Waals surface area contributed by atoms with Crippen molar-refractivity contribution in [2.24, 2.45) is 0 Å². The van der Waals surface area contributed by atoms with Gasteiger partial charge in [0, 0.05) is 11.8 Å².